The van der Waals surface area contributed by atoms with E-state index in [2.05, 4.69) is 4.98 Å². The third-order valence-corrected chi connectivity index (χ3v) is 8.62. The normalized spacial score (nSPS) is 32.6. The van der Waals surface area contributed by atoms with Crippen LogP contribution in [0.2, 0.25) is 0 Å². The molecule has 180 valence electrons. The maximum absolute atomic E-state index is 13.7. The van der Waals surface area contributed by atoms with Gasteiger partial charge in [0.15, 0.2) is 11.5 Å². The molecule has 3 fully saturated rings. The highest BCUT2D eigenvalue weighted by Crippen LogP contribution is 2.62. The zero-order chi connectivity index (χ0) is 23.9. The number of fused-ring (bicyclic) bond motifs is 7. The van der Waals surface area contributed by atoms with Crippen LogP contribution in [-0.4, -0.2) is 52.6 Å². The largest absolute Gasteiger partial charge is 0.493 e. The minimum absolute atomic E-state index is 0.178. The van der Waals surface area contributed by atoms with Crippen molar-refractivity contribution in [2.45, 2.75) is 37.1 Å². The molecule has 2 amide bonds. The average molecular weight is 495 g/mol. The fourth-order valence-electron chi connectivity index (χ4n) is 6.17. The molecule has 35 heavy (non-hydrogen) atoms. The van der Waals surface area contributed by atoms with E-state index in [1.54, 1.807) is 36.7 Å². The molecular formula is C25H22N2O7S. The number of thiazole rings is 1. The van der Waals surface area contributed by atoms with E-state index in [1.165, 1.54) is 16.2 Å². The molecule has 2 aromatic carbocycles. The van der Waals surface area contributed by atoms with E-state index in [-0.39, 0.29) is 31.6 Å². The highest BCUT2D eigenvalue weighted by molar-refractivity contribution is 7.16. The Balaban J connectivity index is 1.17. The summed E-state index contributed by atoms with van der Waals surface area (Å²) in [6.45, 7) is 2.17. The van der Waals surface area contributed by atoms with Crippen molar-refractivity contribution in [3.8, 4) is 17.2 Å². The van der Waals surface area contributed by atoms with E-state index >= 15 is 0 Å². The second kappa shape index (κ2) is 7.16. The third kappa shape index (κ3) is 2.84. The van der Waals surface area contributed by atoms with Crippen molar-refractivity contribution in [1.82, 2.24) is 4.98 Å². The molecule has 0 radical (unpaired) electrons. The van der Waals surface area contributed by atoms with E-state index in [0.717, 1.165) is 10.2 Å². The van der Waals surface area contributed by atoms with Gasteiger partial charge in [0.1, 0.15) is 11.4 Å². The molecule has 10 heteroatoms. The topological polar surface area (TPSA) is 107 Å². The van der Waals surface area contributed by atoms with Gasteiger partial charge in [-0.2, -0.15) is 0 Å². The first-order chi connectivity index (χ1) is 16.9. The molecule has 1 N–H and O–H groups in total. The Bertz CT molecular complexity index is 1390. The van der Waals surface area contributed by atoms with Crippen molar-refractivity contribution < 1.29 is 33.6 Å². The van der Waals surface area contributed by atoms with Gasteiger partial charge in [0.2, 0.25) is 18.6 Å². The molecule has 0 saturated carbocycles. The van der Waals surface area contributed by atoms with Crippen LogP contribution < -0.4 is 19.1 Å². The maximum Gasteiger partial charge on any atom is 0.240 e. The third-order valence-electron chi connectivity index (χ3n) is 7.83. The van der Waals surface area contributed by atoms with Gasteiger partial charge in [-0.05, 0) is 37.3 Å². The number of aliphatic hydroxyl groups is 1. The van der Waals surface area contributed by atoms with Crippen LogP contribution in [0, 0.1) is 11.8 Å². The zero-order valence-electron chi connectivity index (χ0n) is 18.8. The van der Waals surface area contributed by atoms with Crippen LogP contribution in [0.1, 0.15) is 19.8 Å². The smallest absolute Gasteiger partial charge is 0.240 e. The van der Waals surface area contributed by atoms with Crippen molar-refractivity contribution in [3.63, 3.8) is 0 Å². The lowest BCUT2D eigenvalue weighted by Crippen LogP contribution is -2.49. The first kappa shape index (κ1) is 21.1. The minimum Gasteiger partial charge on any atom is -0.493 e. The van der Waals surface area contributed by atoms with Gasteiger partial charge < -0.3 is 24.1 Å². The predicted molar refractivity (Wildman–Crippen MR) is 125 cm³/mol. The molecule has 5 atom stereocenters. The number of nitrogens with zero attached hydrogens (tertiary/aromatic N) is 2. The van der Waals surface area contributed by atoms with E-state index in [1.807, 2.05) is 12.1 Å². The lowest BCUT2D eigenvalue weighted by atomic mass is 9.66. The molecule has 3 saturated heterocycles. The molecular weight excluding hydrogens is 472 g/mol. The summed E-state index contributed by atoms with van der Waals surface area (Å²) in [4.78, 5) is 32.9. The first-order valence-electron chi connectivity index (χ1n) is 11.5. The van der Waals surface area contributed by atoms with Crippen LogP contribution in [0.3, 0.4) is 0 Å². The molecule has 3 aromatic rings. The van der Waals surface area contributed by atoms with E-state index in [9.17, 15) is 14.7 Å². The molecule has 4 aliphatic heterocycles. The van der Waals surface area contributed by atoms with Crippen LogP contribution in [0.25, 0.3) is 10.2 Å². The second-order valence-electron chi connectivity index (χ2n) is 9.66. The van der Waals surface area contributed by atoms with Crippen LogP contribution in [-0.2, 0) is 14.3 Å². The molecule has 1 aromatic heterocycles. The second-order valence-corrected chi connectivity index (χ2v) is 10.5. The molecule has 7 rings (SSSR count). The number of ether oxygens (including phenoxy) is 4. The van der Waals surface area contributed by atoms with Crippen LogP contribution >= 0.6 is 11.3 Å². The quantitative estimate of drug-likeness (QED) is 0.540. The molecule has 0 unspecified atom stereocenters. The Kier molecular flexibility index (Phi) is 4.32. The Morgan fingerprint density at radius 1 is 1.14 bits per heavy atom. The van der Waals surface area contributed by atoms with Crippen molar-refractivity contribution in [2.75, 3.05) is 18.3 Å². The predicted octanol–water partition coefficient (Wildman–Crippen LogP) is 2.89. The Morgan fingerprint density at radius 2 is 1.97 bits per heavy atom. The Morgan fingerprint density at radius 3 is 2.86 bits per heavy atom. The van der Waals surface area contributed by atoms with Gasteiger partial charge in [0.05, 0.1) is 51.6 Å². The van der Waals surface area contributed by atoms with Crippen LogP contribution in [0.4, 0.5) is 5.69 Å². The van der Waals surface area contributed by atoms with Crippen molar-refractivity contribution in [3.05, 3.63) is 41.9 Å². The Labute approximate surface area is 204 Å². The summed E-state index contributed by atoms with van der Waals surface area (Å²) in [5.41, 5.74) is 0.971. The molecule has 0 aliphatic carbocycles. The van der Waals surface area contributed by atoms with E-state index in [0.29, 0.717) is 29.4 Å². The molecule has 9 nitrogen and oxygen atoms in total. The number of anilines is 1. The summed E-state index contributed by atoms with van der Waals surface area (Å²) < 4.78 is 24.0. The Hall–Kier alpha value is -3.21. The molecule has 5 heterocycles. The van der Waals surface area contributed by atoms with Gasteiger partial charge in [-0.1, -0.05) is 0 Å². The fourth-order valence-corrected chi connectivity index (χ4v) is 6.88. The summed E-state index contributed by atoms with van der Waals surface area (Å²) in [7, 11) is 0. The van der Waals surface area contributed by atoms with Gasteiger partial charge in [-0.25, -0.2) is 9.88 Å². The van der Waals surface area contributed by atoms with Crippen molar-refractivity contribution in [2.24, 2.45) is 11.8 Å². The molecule has 0 spiro atoms. The number of hydrogen-bond acceptors (Lipinski definition) is 9. The van der Waals surface area contributed by atoms with Gasteiger partial charge in [-0.15, -0.1) is 11.3 Å². The number of carbonyl (C=O) groups is 2. The van der Waals surface area contributed by atoms with Crippen LogP contribution in [0.5, 0.6) is 17.2 Å². The van der Waals surface area contributed by atoms with Crippen LogP contribution in [0.15, 0.2) is 41.9 Å². The van der Waals surface area contributed by atoms with Gasteiger partial charge in [0, 0.05) is 18.9 Å². The summed E-state index contributed by atoms with van der Waals surface area (Å²) in [6.07, 6.45) is -0.221. The maximum atomic E-state index is 13.7. The molecule has 4 aliphatic rings. The molecule has 2 bridgehead atoms. The summed E-state index contributed by atoms with van der Waals surface area (Å²) in [6, 6.07) is 10.7. The number of benzene rings is 2. The SMILES string of the molecule is C[C@]12O[C@](CCOc3ccc4c(c3)OCO4)(C[C@@H]1O)[C@H]1C(=O)N(c3ccc4ncsc4c3)C(=O)[C@H]12. The number of aliphatic hydroxyl groups excluding tert-OH is 1. The summed E-state index contributed by atoms with van der Waals surface area (Å²) >= 11 is 1.45. The fraction of sp³-hybridized carbons (Fsp3) is 0.400. The van der Waals surface area contributed by atoms with Gasteiger partial charge in [0.25, 0.3) is 0 Å². The summed E-state index contributed by atoms with van der Waals surface area (Å²) in [5.74, 6) is -0.158. The summed E-state index contributed by atoms with van der Waals surface area (Å²) in [5, 5.41) is 10.9. The number of hydrogen-bond donors (Lipinski definition) is 1. The van der Waals surface area contributed by atoms with Crippen molar-refractivity contribution in [1.29, 1.82) is 0 Å². The minimum atomic E-state index is -1.13. The number of imide groups is 1. The average Bonchev–Trinajstić information content (AvgIpc) is 3.61. The van der Waals surface area contributed by atoms with Crippen molar-refractivity contribution >= 4 is 39.1 Å². The monoisotopic (exact) mass is 494 g/mol. The van der Waals surface area contributed by atoms with Gasteiger partial charge >= 0.3 is 0 Å². The number of amides is 2. The van der Waals surface area contributed by atoms with Gasteiger partial charge in [-0.3, -0.25) is 9.59 Å². The number of aromatic nitrogens is 1. The zero-order valence-corrected chi connectivity index (χ0v) is 19.6. The number of carbonyl (C=O) groups excluding carboxylic acids is 2. The first-order valence-corrected chi connectivity index (χ1v) is 12.4. The lowest BCUT2D eigenvalue weighted by Gasteiger charge is -2.33. The number of rotatable bonds is 5. The highest BCUT2D eigenvalue weighted by atomic mass is 32.1. The highest BCUT2D eigenvalue weighted by Gasteiger charge is 2.77. The lowest BCUT2D eigenvalue weighted by molar-refractivity contribution is -0.134. The standard InChI is InChI=1S/C25H22N2O7S/c1-24-19(28)10-25(34-24,6-7-31-14-3-5-16-17(9-14)33-12-32-16)21-20(24)22(29)27(23(21)30)13-2-4-15-18(8-13)35-11-26-15/h2-5,8-9,11,19-21,28H,6-7,10,12H2,1H3/t19-,20-,21+,24-,25+/m0/s1. The van der Waals surface area contributed by atoms with E-state index < -0.39 is 29.1 Å². The van der Waals surface area contributed by atoms with E-state index in [4.69, 9.17) is 18.9 Å².